The van der Waals surface area contributed by atoms with Gasteiger partial charge in [-0.1, -0.05) is 206 Å². The van der Waals surface area contributed by atoms with Crippen LogP contribution < -0.4 is 4.90 Å². The van der Waals surface area contributed by atoms with Gasteiger partial charge in [-0.25, -0.2) is 0 Å². The lowest BCUT2D eigenvalue weighted by Crippen LogP contribution is -2.10. The van der Waals surface area contributed by atoms with E-state index >= 15 is 0 Å². The first kappa shape index (κ1) is 40.1. The molecule has 0 aliphatic carbocycles. The number of benzene rings is 11. The fourth-order valence-corrected chi connectivity index (χ4v) is 10.5. The number of hydrogen-bond acceptors (Lipinski definition) is 2. The van der Waals surface area contributed by atoms with Crippen molar-refractivity contribution in [1.82, 2.24) is 4.57 Å². The zero-order valence-corrected chi connectivity index (χ0v) is 37.7. The Morgan fingerprint density at radius 1 is 0.275 bits per heavy atom. The normalized spacial score (nSPS) is 11.5. The Labute approximate surface area is 401 Å². The van der Waals surface area contributed by atoms with Gasteiger partial charge >= 0.3 is 0 Å². The van der Waals surface area contributed by atoms with Gasteiger partial charge < -0.3 is 13.9 Å². The summed E-state index contributed by atoms with van der Waals surface area (Å²) in [7, 11) is 0. The summed E-state index contributed by atoms with van der Waals surface area (Å²) in [5, 5.41) is 4.74. The molecule has 0 saturated carbocycles. The van der Waals surface area contributed by atoms with E-state index in [0.717, 1.165) is 66.9 Å². The van der Waals surface area contributed by atoms with Crippen LogP contribution in [0.3, 0.4) is 0 Å². The van der Waals surface area contributed by atoms with Gasteiger partial charge in [0.25, 0.3) is 0 Å². The molecule has 13 rings (SSSR count). The Morgan fingerprint density at radius 3 is 1.41 bits per heavy atom. The Morgan fingerprint density at radius 2 is 0.725 bits per heavy atom. The third kappa shape index (κ3) is 6.99. The predicted molar refractivity (Wildman–Crippen MR) is 290 cm³/mol. The zero-order valence-electron chi connectivity index (χ0n) is 37.7. The summed E-state index contributed by atoms with van der Waals surface area (Å²) in [6.45, 7) is 0. The van der Waals surface area contributed by atoms with Crippen molar-refractivity contribution in [3.63, 3.8) is 0 Å². The third-order valence-corrected chi connectivity index (χ3v) is 13.6. The van der Waals surface area contributed by atoms with Gasteiger partial charge in [0.05, 0.1) is 16.7 Å². The van der Waals surface area contributed by atoms with Crippen molar-refractivity contribution >= 4 is 60.8 Å². The van der Waals surface area contributed by atoms with Crippen molar-refractivity contribution in [2.45, 2.75) is 0 Å². The molecule has 2 aromatic heterocycles. The van der Waals surface area contributed by atoms with Gasteiger partial charge in [-0.05, 0) is 105 Å². The van der Waals surface area contributed by atoms with Crippen molar-refractivity contribution in [3.8, 4) is 61.3 Å². The number of nitrogens with zero attached hydrogens (tertiary/aromatic N) is 2. The van der Waals surface area contributed by atoms with Crippen LogP contribution in [0, 0.1) is 0 Å². The van der Waals surface area contributed by atoms with Crippen LogP contribution >= 0.6 is 0 Å². The molecule has 0 aliphatic rings. The number of para-hydroxylation sites is 5. The summed E-state index contributed by atoms with van der Waals surface area (Å²) in [6, 6.07) is 96.1. The molecule has 3 heteroatoms. The minimum atomic E-state index is 0.891. The van der Waals surface area contributed by atoms with Crippen LogP contribution in [0.25, 0.3) is 105 Å². The maximum absolute atomic E-state index is 6.57. The van der Waals surface area contributed by atoms with E-state index in [1.807, 2.05) is 12.1 Å². The lowest BCUT2D eigenvalue weighted by molar-refractivity contribution is 0.670. The lowest BCUT2D eigenvalue weighted by atomic mass is 9.93. The van der Waals surface area contributed by atoms with E-state index in [4.69, 9.17) is 4.42 Å². The van der Waals surface area contributed by atoms with Crippen LogP contribution in [0.15, 0.2) is 271 Å². The van der Waals surface area contributed by atoms with E-state index in [1.165, 1.54) is 55.2 Å². The quantitative estimate of drug-likeness (QED) is 0.144. The number of furan rings is 1. The number of hydrogen-bond donors (Lipinski definition) is 0. The Hall–Kier alpha value is -9.18. The van der Waals surface area contributed by atoms with Crippen LogP contribution in [-0.4, -0.2) is 4.57 Å². The molecule has 0 N–H and O–H groups in total. The molecule has 3 nitrogen and oxygen atoms in total. The second kappa shape index (κ2) is 16.9. The summed E-state index contributed by atoms with van der Waals surface area (Å²) in [4.78, 5) is 2.38. The largest absolute Gasteiger partial charge is 0.455 e. The molecule has 324 valence electrons. The Kier molecular flexibility index (Phi) is 9.84. The smallest absolute Gasteiger partial charge is 0.143 e. The number of fused-ring (bicyclic) bond motifs is 6. The van der Waals surface area contributed by atoms with Crippen molar-refractivity contribution in [2.75, 3.05) is 4.90 Å². The van der Waals surface area contributed by atoms with E-state index < -0.39 is 0 Å². The van der Waals surface area contributed by atoms with Gasteiger partial charge in [-0.3, -0.25) is 0 Å². The fourth-order valence-electron chi connectivity index (χ4n) is 10.5. The van der Waals surface area contributed by atoms with Crippen LogP contribution in [0.5, 0.6) is 0 Å². The summed E-state index contributed by atoms with van der Waals surface area (Å²) < 4.78 is 8.99. The first-order valence-corrected chi connectivity index (χ1v) is 23.6. The second-order valence-corrected chi connectivity index (χ2v) is 17.6. The number of rotatable bonds is 9. The van der Waals surface area contributed by atoms with E-state index in [9.17, 15) is 0 Å². The molecule has 69 heavy (non-hydrogen) atoms. The molecule has 13 aromatic rings. The van der Waals surface area contributed by atoms with Crippen molar-refractivity contribution in [3.05, 3.63) is 267 Å². The van der Waals surface area contributed by atoms with Gasteiger partial charge in [-0.15, -0.1) is 0 Å². The molecular weight excluding hydrogens is 837 g/mol. The third-order valence-electron chi connectivity index (χ3n) is 13.6. The molecule has 0 spiro atoms. The highest BCUT2D eigenvalue weighted by molar-refractivity contribution is 6.11. The van der Waals surface area contributed by atoms with Gasteiger partial charge in [0.2, 0.25) is 0 Å². The van der Waals surface area contributed by atoms with E-state index in [0.29, 0.717) is 0 Å². The highest BCUT2D eigenvalue weighted by Crippen LogP contribution is 2.44. The van der Waals surface area contributed by atoms with Crippen LogP contribution in [0.2, 0.25) is 0 Å². The first-order chi connectivity index (χ1) is 34.2. The molecule has 2 heterocycles. The molecule has 0 aliphatic heterocycles. The van der Waals surface area contributed by atoms with E-state index in [-0.39, 0.29) is 0 Å². The minimum Gasteiger partial charge on any atom is -0.455 e. The second-order valence-electron chi connectivity index (χ2n) is 17.6. The topological polar surface area (TPSA) is 21.3 Å². The molecule has 0 amide bonds. The predicted octanol–water partition coefficient (Wildman–Crippen LogP) is 18.5. The molecule has 0 bridgehead atoms. The standard InChI is InChI=1S/C66H44N2O/c1-2-19-45(20-3-1)52-25-4-5-27-54(52)47-21-16-23-50(43-47)67(51-24-17-22-48(44-51)55-33-18-34-61-60-32-11-15-38-65(60)69-66(55)61)49-41-39-46(40-42-49)53-26-6-7-28-56(53)57-29-8-12-35-62(57)68-63-36-13-9-30-58(63)59-31-10-14-37-64(59)68/h1-44H. The van der Waals surface area contributed by atoms with Crippen molar-refractivity contribution in [2.24, 2.45) is 0 Å². The minimum absolute atomic E-state index is 0.891. The summed E-state index contributed by atoms with van der Waals surface area (Å²) >= 11 is 0. The molecule has 0 radical (unpaired) electrons. The highest BCUT2D eigenvalue weighted by atomic mass is 16.3. The van der Waals surface area contributed by atoms with Gasteiger partial charge in [0, 0.05) is 49.7 Å². The van der Waals surface area contributed by atoms with Gasteiger partial charge in [0.15, 0.2) is 0 Å². The Balaban J connectivity index is 0.945. The van der Waals surface area contributed by atoms with E-state index in [1.54, 1.807) is 0 Å². The van der Waals surface area contributed by atoms with Crippen LogP contribution in [0.1, 0.15) is 0 Å². The maximum Gasteiger partial charge on any atom is 0.143 e. The van der Waals surface area contributed by atoms with Crippen molar-refractivity contribution in [1.29, 1.82) is 0 Å². The van der Waals surface area contributed by atoms with Crippen LogP contribution in [-0.2, 0) is 0 Å². The molecular formula is C66H44N2O. The Bertz CT molecular complexity index is 3970. The van der Waals surface area contributed by atoms with Gasteiger partial charge in [0.1, 0.15) is 11.2 Å². The molecule has 0 unspecified atom stereocenters. The summed E-state index contributed by atoms with van der Waals surface area (Å²) in [5.74, 6) is 0. The van der Waals surface area contributed by atoms with Crippen LogP contribution in [0.4, 0.5) is 17.1 Å². The van der Waals surface area contributed by atoms with Crippen molar-refractivity contribution < 1.29 is 4.42 Å². The summed E-state index contributed by atoms with van der Waals surface area (Å²) in [5.41, 5.74) is 20.0. The maximum atomic E-state index is 6.57. The molecule has 0 atom stereocenters. The SMILES string of the molecule is c1ccc(-c2ccccc2-c2cccc(N(c3ccc(-c4ccccc4-c4ccccc4-n4c5ccccc5c5ccccc54)cc3)c3cccc(-c4cccc5c4oc4ccccc45)c3)c2)cc1. The van der Waals surface area contributed by atoms with Gasteiger partial charge in [-0.2, -0.15) is 0 Å². The van der Waals surface area contributed by atoms with E-state index in [2.05, 4.69) is 264 Å². The molecule has 11 aromatic carbocycles. The average molecular weight is 881 g/mol. The highest BCUT2D eigenvalue weighted by Gasteiger charge is 2.20. The summed E-state index contributed by atoms with van der Waals surface area (Å²) in [6.07, 6.45) is 0. The lowest BCUT2D eigenvalue weighted by Gasteiger charge is -2.27. The molecule has 0 fully saturated rings. The number of anilines is 3. The number of aromatic nitrogens is 1. The zero-order chi connectivity index (χ0) is 45.7. The average Bonchev–Trinajstić information content (AvgIpc) is 3.98. The fraction of sp³-hybridized carbons (Fsp3) is 0. The first-order valence-electron chi connectivity index (χ1n) is 23.6. The monoisotopic (exact) mass is 880 g/mol. The molecule has 0 saturated heterocycles.